The van der Waals surface area contributed by atoms with Crippen molar-refractivity contribution in [3.8, 4) is 5.75 Å². The van der Waals surface area contributed by atoms with E-state index >= 15 is 0 Å². The maximum atomic E-state index is 13.6. The van der Waals surface area contributed by atoms with E-state index < -0.39 is 6.04 Å². The fourth-order valence-electron chi connectivity index (χ4n) is 3.68. The number of nitrogens with one attached hydrogen (secondary N) is 1. The van der Waals surface area contributed by atoms with Gasteiger partial charge in [-0.25, -0.2) is 0 Å². The predicted octanol–water partition coefficient (Wildman–Crippen LogP) is 6.20. The Balaban J connectivity index is 1.90. The van der Waals surface area contributed by atoms with Crippen molar-refractivity contribution in [2.45, 2.75) is 39.8 Å². The Labute approximate surface area is 226 Å². The summed E-state index contributed by atoms with van der Waals surface area (Å²) in [5, 5.41) is 3.42. The molecule has 0 aliphatic carbocycles. The molecule has 0 spiro atoms. The number of ether oxygens (including phenoxy) is 1. The number of carbonyl (C=O) groups is 2. The molecule has 1 atom stereocenters. The molecule has 1 N–H and O–H groups in total. The smallest absolute Gasteiger partial charge is 0.261 e. The summed E-state index contributed by atoms with van der Waals surface area (Å²) in [6.45, 7) is 6.66. The molecule has 0 heterocycles. The number of amides is 2. The molecule has 0 aliphatic heterocycles. The van der Waals surface area contributed by atoms with Gasteiger partial charge in [0.1, 0.15) is 11.8 Å². The molecular formula is C29H32BrClN2O3. The number of carbonyl (C=O) groups excluding carboxylic acids is 2. The summed E-state index contributed by atoms with van der Waals surface area (Å²) in [6, 6.07) is 22.2. The van der Waals surface area contributed by atoms with Gasteiger partial charge in [0.2, 0.25) is 5.91 Å². The molecule has 3 rings (SSSR count). The summed E-state index contributed by atoms with van der Waals surface area (Å²) in [7, 11) is 0. The number of benzene rings is 3. The Morgan fingerprint density at radius 2 is 1.69 bits per heavy atom. The van der Waals surface area contributed by atoms with Crippen LogP contribution in [-0.2, 0) is 22.6 Å². The third kappa shape index (κ3) is 8.38. The molecule has 190 valence electrons. The van der Waals surface area contributed by atoms with Crippen LogP contribution in [0, 0.1) is 12.8 Å². The second-order valence-electron chi connectivity index (χ2n) is 9.22. The minimum Gasteiger partial charge on any atom is -0.482 e. The molecule has 0 bridgehead atoms. The third-order valence-electron chi connectivity index (χ3n) is 5.67. The van der Waals surface area contributed by atoms with Gasteiger partial charge < -0.3 is 15.0 Å². The van der Waals surface area contributed by atoms with Crippen LogP contribution in [0.15, 0.2) is 77.3 Å². The average molecular weight is 572 g/mol. The van der Waals surface area contributed by atoms with Gasteiger partial charge in [-0.15, -0.1) is 0 Å². The van der Waals surface area contributed by atoms with Crippen LogP contribution in [0.25, 0.3) is 0 Å². The van der Waals surface area contributed by atoms with Gasteiger partial charge in [0, 0.05) is 24.0 Å². The van der Waals surface area contributed by atoms with Crippen LogP contribution in [-0.4, -0.2) is 35.9 Å². The summed E-state index contributed by atoms with van der Waals surface area (Å²) in [5.74, 6) is 0.215. The number of nitrogens with zero attached hydrogens (tertiary/aromatic N) is 1. The number of aryl methyl sites for hydroxylation is 1. The van der Waals surface area contributed by atoms with Crippen LogP contribution in [0.4, 0.5) is 0 Å². The van der Waals surface area contributed by atoms with Crippen LogP contribution in [0.2, 0.25) is 5.02 Å². The van der Waals surface area contributed by atoms with Crippen molar-refractivity contribution in [3.05, 3.63) is 99.0 Å². The minimum atomic E-state index is -0.705. The lowest BCUT2D eigenvalue weighted by atomic mass is 10.0. The van der Waals surface area contributed by atoms with Crippen molar-refractivity contribution in [2.24, 2.45) is 5.92 Å². The topological polar surface area (TPSA) is 58.6 Å². The van der Waals surface area contributed by atoms with E-state index in [1.807, 2.05) is 75.4 Å². The van der Waals surface area contributed by atoms with Crippen molar-refractivity contribution in [1.29, 1.82) is 0 Å². The van der Waals surface area contributed by atoms with E-state index in [0.717, 1.165) is 21.2 Å². The number of halogens is 2. The van der Waals surface area contributed by atoms with Crippen LogP contribution in [0.5, 0.6) is 5.75 Å². The standard InChI is InChI=1S/C29H32BrClN2O3/c1-20(2)17-32-29(35)26(15-22-7-5-4-6-8-22)33(18-23-11-9-21(3)10-12-23)28(34)19-36-27-14-13-24(30)16-25(27)31/h4-14,16,20,26H,15,17-19H2,1-3H3,(H,32,35)/t26-/m0/s1. The molecule has 2 amide bonds. The monoisotopic (exact) mass is 570 g/mol. The van der Waals surface area contributed by atoms with Gasteiger partial charge in [0.15, 0.2) is 6.61 Å². The van der Waals surface area contributed by atoms with Crippen LogP contribution in [0.3, 0.4) is 0 Å². The zero-order valence-corrected chi connectivity index (χ0v) is 23.2. The predicted molar refractivity (Wildman–Crippen MR) is 148 cm³/mol. The normalized spacial score (nSPS) is 11.7. The molecule has 0 aromatic heterocycles. The van der Waals surface area contributed by atoms with Crippen molar-refractivity contribution in [1.82, 2.24) is 10.2 Å². The van der Waals surface area contributed by atoms with E-state index in [-0.39, 0.29) is 30.9 Å². The van der Waals surface area contributed by atoms with E-state index in [1.54, 1.807) is 23.1 Å². The summed E-state index contributed by atoms with van der Waals surface area (Å²) >= 11 is 9.66. The van der Waals surface area contributed by atoms with E-state index in [0.29, 0.717) is 23.7 Å². The molecular weight excluding hydrogens is 540 g/mol. The van der Waals surface area contributed by atoms with Crippen molar-refractivity contribution in [2.75, 3.05) is 13.2 Å². The first kappa shape index (κ1) is 27.8. The summed E-state index contributed by atoms with van der Waals surface area (Å²) in [6.07, 6.45) is 0.390. The van der Waals surface area contributed by atoms with E-state index in [1.165, 1.54) is 0 Å². The van der Waals surface area contributed by atoms with Gasteiger partial charge >= 0.3 is 0 Å². The zero-order chi connectivity index (χ0) is 26.1. The van der Waals surface area contributed by atoms with Crippen LogP contribution >= 0.6 is 27.5 Å². The highest BCUT2D eigenvalue weighted by molar-refractivity contribution is 9.10. The second kappa shape index (κ2) is 13.5. The lowest BCUT2D eigenvalue weighted by molar-refractivity contribution is -0.142. The molecule has 0 saturated heterocycles. The summed E-state index contributed by atoms with van der Waals surface area (Å²) < 4.78 is 6.61. The Morgan fingerprint density at radius 3 is 2.33 bits per heavy atom. The van der Waals surface area contributed by atoms with Gasteiger partial charge in [-0.05, 0) is 42.2 Å². The number of hydrogen-bond donors (Lipinski definition) is 1. The minimum absolute atomic E-state index is 0.185. The van der Waals surface area contributed by atoms with Gasteiger partial charge in [0.05, 0.1) is 5.02 Å². The highest BCUT2D eigenvalue weighted by atomic mass is 79.9. The molecule has 3 aromatic rings. The van der Waals surface area contributed by atoms with Crippen molar-refractivity contribution >= 4 is 39.3 Å². The maximum absolute atomic E-state index is 13.6. The molecule has 36 heavy (non-hydrogen) atoms. The largest absolute Gasteiger partial charge is 0.482 e. The molecule has 0 radical (unpaired) electrons. The fourth-order valence-corrected chi connectivity index (χ4v) is 4.41. The summed E-state index contributed by atoms with van der Waals surface area (Å²) in [5.41, 5.74) is 3.03. The molecule has 7 heteroatoms. The molecule has 0 aliphatic rings. The molecule has 0 unspecified atom stereocenters. The first-order chi connectivity index (χ1) is 17.2. The van der Waals surface area contributed by atoms with Gasteiger partial charge in [-0.1, -0.05) is 102 Å². The Morgan fingerprint density at radius 1 is 1.00 bits per heavy atom. The maximum Gasteiger partial charge on any atom is 0.261 e. The summed E-state index contributed by atoms with van der Waals surface area (Å²) in [4.78, 5) is 28.7. The first-order valence-electron chi connectivity index (χ1n) is 12.0. The fraction of sp³-hybridized carbons (Fsp3) is 0.310. The van der Waals surface area contributed by atoms with Gasteiger partial charge in [0.25, 0.3) is 5.91 Å². The highest BCUT2D eigenvalue weighted by Crippen LogP contribution is 2.28. The van der Waals surface area contributed by atoms with Gasteiger partial charge in [-0.2, -0.15) is 0 Å². The van der Waals surface area contributed by atoms with Gasteiger partial charge in [-0.3, -0.25) is 9.59 Å². The molecule has 3 aromatic carbocycles. The SMILES string of the molecule is Cc1ccc(CN(C(=O)COc2ccc(Br)cc2Cl)[C@@H](Cc2ccccc2)C(=O)NCC(C)C)cc1. The van der Waals surface area contributed by atoms with E-state index in [9.17, 15) is 9.59 Å². The average Bonchev–Trinajstić information content (AvgIpc) is 2.85. The molecule has 0 saturated carbocycles. The zero-order valence-electron chi connectivity index (χ0n) is 20.8. The lowest BCUT2D eigenvalue weighted by Crippen LogP contribution is -2.52. The lowest BCUT2D eigenvalue weighted by Gasteiger charge is -2.31. The first-order valence-corrected chi connectivity index (χ1v) is 13.1. The van der Waals surface area contributed by atoms with Crippen LogP contribution in [0.1, 0.15) is 30.5 Å². The van der Waals surface area contributed by atoms with Crippen molar-refractivity contribution in [3.63, 3.8) is 0 Å². The molecule has 5 nitrogen and oxygen atoms in total. The molecule has 0 fully saturated rings. The van der Waals surface area contributed by atoms with E-state index in [4.69, 9.17) is 16.3 Å². The van der Waals surface area contributed by atoms with Crippen LogP contribution < -0.4 is 10.1 Å². The Hall–Kier alpha value is -2.83. The second-order valence-corrected chi connectivity index (χ2v) is 10.5. The Kier molecular flexibility index (Phi) is 10.4. The Bertz CT molecular complexity index is 1150. The quantitative estimate of drug-likeness (QED) is 0.298. The highest BCUT2D eigenvalue weighted by Gasteiger charge is 2.30. The van der Waals surface area contributed by atoms with Crippen molar-refractivity contribution < 1.29 is 14.3 Å². The van der Waals surface area contributed by atoms with E-state index in [2.05, 4.69) is 21.2 Å². The third-order valence-corrected chi connectivity index (χ3v) is 6.46. The number of rotatable bonds is 11. The number of hydrogen-bond acceptors (Lipinski definition) is 3.